The quantitative estimate of drug-likeness (QED) is 0.580. The van der Waals surface area contributed by atoms with Gasteiger partial charge in [0.1, 0.15) is 13.2 Å². The number of hydrogen-bond donors (Lipinski definition) is 0. The minimum absolute atomic E-state index is 0.116. The third-order valence-corrected chi connectivity index (χ3v) is 6.57. The van der Waals surface area contributed by atoms with Crippen molar-refractivity contribution in [1.82, 2.24) is 9.80 Å². The number of carbonyl (C=O) groups excluding carboxylic acids is 1. The topological polar surface area (TPSA) is 42.0 Å². The Morgan fingerprint density at radius 1 is 1.03 bits per heavy atom. The first kappa shape index (κ1) is 20.8. The van der Waals surface area contributed by atoms with Crippen LogP contribution in [0.5, 0.6) is 11.5 Å². The van der Waals surface area contributed by atoms with Crippen LogP contribution in [0.4, 0.5) is 0 Å². The van der Waals surface area contributed by atoms with Crippen LogP contribution in [0.3, 0.4) is 0 Å². The lowest BCUT2D eigenvalue weighted by molar-refractivity contribution is -0.133. The Balaban J connectivity index is 1.22. The van der Waals surface area contributed by atoms with Crippen molar-refractivity contribution in [3.63, 3.8) is 0 Å². The summed E-state index contributed by atoms with van der Waals surface area (Å²) in [6.45, 7) is 3.26. The highest BCUT2D eigenvalue weighted by Crippen LogP contribution is 2.38. The fourth-order valence-corrected chi connectivity index (χ4v) is 4.90. The zero-order valence-electron chi connectivity index (χ0n) is 18.6. The molecule has 5 rings (SSSR count). The molecule has 32 heavy (non-hydrogen) atoms. The van der Waals surface area contributed by atoms with Crippen LogP contribution in [0.2, 0.25) is 0 Å². The summed E-state index contributed by atoms with van der Waals surface area (Å²) in [5.41, 5.74) is 2.47. The molecule has 1 amide bonds. The van der Waals surface area contributed by atoms with E-state index in [0.717, 1.165) is 49.4 Å². The molecule has 1 fully saturated rings. The molecule has 5 heteroatoms. The molecule has 166 valence electrons. The second-order valence-corrected chi connectivity index (χ2v) is 8.77. The zero-order valence-corrected chi connectivity index (χ0v) is 18.6. The molecule has 0 spiro atoms. The Bertz CT molecular complexity index is 1110. The molecule has 2 aliphatic rings. The van der Waals surface area contributed by atoms with Gasteiger partial charge in [-0.3, -0.25) is 9.69 Å². The Kier molecular flexibility index (Phi) is 5.99. The van der Waals surface area contributed by atoms with E-state index in [1.165, 1.54) is 16.3 Å². The number of nitrogens with zero attached hydrogens (tertiary/aromatic N) is 2. The third-order valence-electron chi connectivity index (χ3n) is 6.57. The molecular formula is C27H30N2O3. The van der Waals surface area contributed by atoms with E-state index in [9.17, 15) is 4.79 Å². The van der Waals surface area contributed by atoms with Crippen molar-refractivity contribution in [3.05, 3.63) is 71.8 Å². The highest BCUT2D eigenvalue weighted by atomic mass is 16.6. The predicted octanol–water partition coefficient (Wildman–Crippen LogP) is 4.45. The lowest BCUT2D eigenvalue weighted by Gasteiger charge is -2.28. The van der Waals surface area contributed by atoms with Crippen LogP contribution >= 0.6 is 0 Å². The summed E-state index contributed by atoms with van der Waals surface area (Å²) in [5.74, 6) is 1.78. The largest absolute Gasteiger partial charge is 0.486 e. The molecular weight excluding hydrogens is 400 g/mol. The van der Waals surface area contributed by atoms with E-state index in [0.29, 0.717) is 19.8 Å². The molecule has 2 heterocycles. The first-order valence-electron chi connectivity index (χ1n) is 11.5. The van der Waals surface area contributed by atoms with Crippen LogP contribution in [-0.4, -0.2) is 55.6 Å². The van der Waals surface area contributed by atoms with Gasteiger partial charge in [-0.2, -0.15) is 0 Å². The van der Waals surface area contributed by atoms with E-state index in [2.05, 4.69) is 59.5 Å². The summed E-state index contributed by atoms with van der Waals surface area (Å²) in [6, 6.07) is 21.2. The van der Waals surface area contributed by atoms with Crippen LogP contribution in [0.1, 0.15) is 30.0 Å². The molecule has 0 saturated carbocycles. The SMILES string of the molecule is CN(CCc1cccc2ccccc12)CC(=O)N1CCCC1c1ccc2c(c1)OCCO2. The zero-order chi connectivity index (χ0) is 21.9. The lowest BCUT2D eigenvalue weighted by Crippen LogP contribution is -2.39. The van der Waals surface area contributed by atoms with E-state index in [-0.39, 0.29) is 11.9 Å². The normalized spacial score (nSPS) is 17.8. The van der Waals surface area contributed by atoms with Gasteiger partial charge < -0.3 is 14.4 Å². The number of likely N-dealkylation sites (tertiary alicyclic amines) is 1. The molecule has 0 aromatic heterocycles. The van der Waals surface area contributed by atoms with Gasteiger partial charge in [-0.15, -0.1) is 0 Å². The lowest BCUT2D eigenvalue weighted by atomic mass is 10.0. The maximum Gasteiger partial charge on any atom is 0.237 e. The molecule has 0 bridgehead atoms. The molecule has 5 nitrogen and oxygen atoms in total. The maximum absolute atomic E-state index is 13.2. The van der Waals surface area contributed by atoms with Crippen molar-refractivity contribution in [3.8, 4) is 11.5 Å². The first-order chi connectivity index (χ1) is 15.7. The van der Waals surface area contributed by atoms with Gasteiger partial charge in [0.2, 0.25) is 5.91 Å². The van der Waals surface area contributed by atoms with Crippen LogP contribution in [0.25, 0.3) is 10.8 Å². The number of ether oxygens (including phenoxy) is 2. The van der Waals surface area contributed by atoms with Crippen molar-refractivity contribution in [2.45, 2.75) is 25.3 Å². The second kappa shape index (κ2) is 9.21. The van der Waals surface area contributed by atoms with Crippen molar-refractivity contribution in [2.24, 2.45) is 0 Å². The Morgan fingerprint density at radius 2 is 1.84 bits per heavy atom. The van der Waals surface area contributed by atoms with Gasteiger partial charge in [-0.25, -0.2) is 0 Å². The average Bonchev–Trinajstić information content (AvgIpc) is 3.33. The van der Waals surface area contributed by atoms with Crippen molar-refractivity contribution < 1.29 is 14.3 Å². The summed E-state index contributed by atoms with van der Waals surface area (Å²) in [4.78, 5) is 17.4. The van der Waals surface area contributed by atoms with Gasteiger partial charge in [-0.1, -0.05) is 48.5 Å². The maximum atomic E-state index is 13.2. The predicted molar refractivity (Wildman–Crippen MR) is 126 cm³/mol. The molecule has 1 unspecified atom stereocenters. The first-order valence-corrected chi connectivity index (χ1v) is 11.5. The fourth-order valence-electron chi connectivity index (χ4n) is 4.90. The van der Waals surface area contributed by atoms with Crippen LogP contribution < -0.4 is 9.47 Å². The molecule has 0 aliphatic carbocycles. The van der Waals surface area contributed by atoms with Crippen LogP contribution in [0.15, 0.2) is 60.7 Å². The summed E-state index contributed by atoms with van der Waals surface area (Å²) < 4.78 is 11.4. The summed E-state index contributed by atoms with van der Waals surface area (Å²) in [5, 5.41) is 2.57. The van der Waals surface area contributed by atoms with Gasteiger partial charge in [0.25, 0.3) is 0 Å². The van der Waals surface area contributed by atoms with Crippen molar-refractivity contribution in [2.75, 3.05) is 39.9 Å². The highest BCUT2D eigenvalue weighted by Gasteiger charge is 2.31. The average molecular weight is 431 g/mol. The fraction of sp³-hybridized carbons (Fsp3) is 0.370. The minimum Gasteiger partial charge on any atom is -0.486 e. The number of rotatable bonds is 6. The van der Waals surface area contributed by atoms with Crippen LogP contribution in [-0.2, 0) is 11.2 Å². The smallest absolute Gasteiger partial charge is 0.237 e. The third kappa shape index (κ3) is 4.30. The second-order valence-electron chi connectivity index (χ2n) is 8.77. The molecule has 3 aromatic carbocycles. The molecule has 0 N–H and O–H groups in total. The number of amides is 1. The van der Waals surface area contributed by atoms with Gasteiger partial charge >= 0.3 is 0 Å². The highest BCUT2D eigenvalue weighted by molar-refractivity contribution is 5.85. The molecule has 0 radical (unpaired) electrons. The van der Waals surface area contributed by atoms with Crippen LogP contribution in [0, 0.1) is 0 Å². The van der Waals surface area contributed by atoms with Gasteiger partial charge in [-0.05, 0) is 60.3 Å². The van der Waals surface area contributed by atoms with Gasteiger partial charge in [0.15, 0.2) is 11.5 Å². The van der Waals surface area contributed by atoms with Crippen molar-refractivity contribution in [1.29, 1.82) is 0 Å². The molecule has 1 atom stereocenters. The standard InChI is InChI=1S/C27H30N2O3/c1-28(15-13-21-8-4-7-20-6-2-3-9-23(20)21)19-27(30)29-14-5-10-24(29)22-11-12-25-26(18-22)32-17-16-31-25/h2-4,6-9,11-12,18,24H,5,10,13-17,19H2,1H3. The summed E-state index contributed by atoms with van der Waals surface area (Å²) in [7, 11) is 2.04. The van der Waals surface area contributed by atoms with E-state index in [1.807, 2.05) is 18.0 Å². The molecule has 1 saturated heterocycles. The van der Waals surface area contributed by atoms with Gasteiger partial charge in [0.05, 0.1) is 12.6 Å². The van der Waals surface area contributed by atoms with E-state index in [1.54, 1.807) is 0 Å². The minimum atomic E-state index is 0.116. The Hall–Kier alpha value is -3.05. The van der Waals surface area contributed by atoms with Gasteiger partial charge in [0, 0.05) is 13.1 Å². The van der Waals surface area contributed by atoms with E-state index < -0.39 is 0 Å². The number of benzene rings is 3. The van der Waals surface area contributed by atoms with E-state index >= 15 is 0 Å². The Labute approximate surface area is 189 Å². The van der Waals surface area contributed by atoms with E-state index in [4.69, 9.17) is 9.47 Å². The molecule has 2 aliphatic heterocycles. The number of fused-ring (bicyclic) bond motifs is 2. The number of hydrogen-bond acceptors (Lipinski definition) is 4. The molecule has 3 aromatic rings. The van der Waals surface area contributed by atoms with Crippen molar-refractivity contribution >= 4 is 16.7 Å². The number of carbonyl (C=O) groups is 1. The monoisotopic (exact) mass is 430 g/mol. The summed E-state index contributed by atoms with van der Waals surface area (Å²) >= 11 is 0. The summed E-state index contributed by atoms with van der Waals surface area (Å²) in [6.07, 6.45) is 2.95. The number of likely N-dealkylation sites (N-methyl/N-ethyl adjacent to an activating group) is 1. The Morgan fingerprint density at radius 3 is 2.75 bits per heavy atom.